The lowest BCUT2D eigenvalue weighted by Gasteiger charge is -2.16. The Morgan fingerprint density at radius 2 is 1.32 bits per heavy atom. The van der Waals surface area contributed by atoms with Crippen LogP contribution in [-0.2, 0) is 0 Å². The van der Waals surface area contributed by atoms with E-state index < -0.39 is 0 Å². The van der Waals surface area contributed by atoms with Gasteiger partial charge in [-0.05, 0) is 51.2 Å². The zero-order valence-corrected chi connectivity index (χ0v) is 11.4. The zero-order valence-electron chi connectivity index (χ0n) is 11.4. The van der Waals surface area contributed by atoms with Crippen LogP contribution in [0.3, 0.4) is 0 Å². The molecule has 1 heteroatoms. The summed E-state index contributed by atoms with van der Waals surface area (Å²) in [5, 5.41) is 5.12. The maximum Gasteiger partial charge on any atom is 0.0318 e. The predicted octanol–water partition coefficient (Wildman–Crippen LogP) is 4.65. The fourth-order valence-electron chi connectivity index (χ4n) is 2.55. The third-order valence-corrected chi connectivity index (χ3v) is 3.83. The Kier molecular flexibility index (Phi) is 3.00. The summed E-state index contributed by atoms with van der Waals surface area (Å²) < 4.78 is 0. The highest BCUT2D eigenvalue weighted by atomic mass is 14.6. The number of nitrogens with two attached hydrogens (primary N) is 1. The molecule has 0 bridgehead atoms. The molecule has 3 aromatic carbocycles. The van der Waals surface area contributed by atoms with E-state index in [2.05, 4.69) is 68.4 Å². The highest BCUT2D eigenvalue weighted by Crippen LogP contribution is 2.27. The second kappa shape index (κ2) is 4.67. The Balaban J connectivity index is 2.19. The highest BCUT2D eigenvalue weighted by Gasteiger charge is 2.10. The fraction of sp³-hybridized carbons (Fsp3) is 0.222. The summed E-state index contributed by atoms with van der Waals surface area (Å²) in [4.78, 5) is 0. The lowest BCUT2D eigenvalue weighted by Crippen LogP contribution is -2.16. The van der Waals surface area contributed by atoms with Gasteiger partial charge < -0.3 is 5.73 Å². The second-order valence-corrected chi connectivity index (χ2v) is 5.58. The predicted molar refractivity (Wildman–Crippen MR) is 83.2 cm³/mol. The first-order valence-electron chi connectivity index (χ1n) is 6.83. The van der Waals surface area contributed by atoms with Crippen LogP contribution in [-0.4, -0.2) is 0 Å². The molecule has 2 N–H and O–H groups in total. The summed E-state index contributed by atoms with van der Waals surface area (Å²) in [6, 6.07) is 19.6. The number of hydrogen-bond donors (Lipinski definition) is 1. The molecule has 0 aromatic heterocycles. The van der Waals surface area contributed by atoms with Crippen LogP contribution in [0.2, 0.25) is 0 Å². The van der Waals surface area contributed by atoms with Gasteiger partial charge in [-0.15, -0.1) is 0 Å². The van der Waals surface area contributed by atoms with Crippen molar-refractivity contribution in [1.82, 2.24) is 0 Å². The molecule has 0 fully saturated rings. The average molecular weight is 249 g/mol. The van der Waals surface area contributed by atoms with Crippen LogP contribution < -0.4 is 5.73 Å². The summed E-state index contributed by atoms with van der Waals surface area (Å²) in [5.41, 5.74) is 7.46. The number of benzene rings is 3. The van der Waals surface area contributed by atoms with Crippen LogP contribution in [0.4, 0.5) is 0 Å². The largest absolute Gasteiger partial charge is 0.324 e. The van der Waals surface area contributed by atoms with Gasteiger partial charge in [0.05, 0.1) is 0 Å². The first kappa shape index (κ1) is 12.2. The monoisotopic (exact) mass is 249 g/mol. The molecule has 0 aliphatic carbocycles. The maximum atomic E-state index is 6.24. The SMILES string of the molecule is CC(C)C(N)c1ccc2cc3ccccc3cc2c1. The van der Waals surface area contributed by atoms with Gasteiger partial charge in [-0.25, -0.2) is 0 Å². The normalized spacial score (nSPS) is 13.3. The Hall–Kier alpha value is -1.86. The van der Waals surface area contributed by atoms with Crippen molar-refractivity contribution in [1.29, 1.82) is 0 Å². The Morgan fingerprint density at radius 3 is 1.95 bits per heavy atom. The smallest absolute Gasteiger partial charge is 0.0318 e. The van der Waals surface area contributed by atoms with Gasteiger partial charge in [-0.3, -0.25) is 0 Å². The molecule has 1 unspecified atom stereocenters. The number of rotatable bonds is 2. The molecule has 0 spiro atoms. The standard InChI is InChI=1S/C18H19N/c1-12(2)18(19)16-8-7-15-9-13-5-3-4-6-14(13)10-17(15)11-16/h3-12,18H,19H2,1-2H3. The van der Waals surface area contributed by atoms with E-state index in [0.29, 0.717) is 5.92 Å². The summed E-state index contributed by atoms with van der Waals surface area (Å²) in [5.74, 6) is 0.456. The summed E-state index contributed by atoms with van der Waals surface area (Å²) >= 11 is 0. The third kappa shape index (κ3) is 2.22. The van der Waals surface area contributed by atoms with E-state index in [1.54, 1.807) is 0 Å². The molecule has 1 atom stereocenters. The molecule has 0 aliphatic rings. The molecule has 0 saturated carbocycles. The molecule has 1 nitrogen and oxygen atoms in total. The lowest BCUT2D eigenvalue weighted by atomic mass is 9.94. The highest BCUT2D eigenvalue weighted by molar-refractivity contribution is 5.98. The molecular weight excluding hydrogens is 230 g/mol. The van der Waals surface area contributed by atoms with E-state index in [1.165, 1.54) is 27.1 Å². The van der Waals surface area contributed by atoms with Crippen LogP contribution in [0.15, 0.2) is 54.6 Å². The molecule has 0 heterocycles. The quantitative estimate of drug-likeness (QED) is 0.657. The molecule has 0 aliphatic heterocycles. The Labute approximate surface area is 114 Å². The zero-order chi connectivity index (χ0) is 13.4. The minimum Gasteiger partial charge on any atom is -0.324 e. The fourth-order valence-corrected chi connectivity index (χ4v) is 2.55. The van der Waals surface area contributed by atoms with Crippen molar-refractivity contribution in [2.75, 3.05) is 0 Å². The van der Waals surface area contributed by atoms with E-state index in [-0.39, 0.29) is 6.04 Å². The lowest BCUT2D eigenvalue weighted by molar-refractivity contribution is 0.515. The first-order chi connectivity index (χ1) is 9.15. The van der Waals surface area contributed by atoms with Crippen molar-refractivity contribution in [2.45, 2.75) is 19.9 Å². The molecule has 0 amide bonds. The van der Waals surface area contributed by atoms with Crippen LogP contribution in [0.5, 0.6) is 0 Å². The van der Waals surface area contributed by atoms with E-state index >= 15 is 0 Å². The molecular formula is C18H19N. The van der Waals surface area contributed by atoms with Crippen LogP contribution in [0, 0.1) is 5.92 Å². The van der Waals surface area contributed by atoms with Gasteiger partial charge >= 0.3 is 0 Å². The van der Waals surface area contributed by atoms with E-state index in [4.69, 9.17) is 5.73 Å². The van der Waals surface area contributed by atoms with Crippen molar-refractivity contribution >= 4 is 21.5 Å². The van der Waals surface area contributed by atoms with Gasteiger partial charge in [-0.2, -0.15) is 0 Å². The van der Waals surface area contributed by atoms with Gasteiger partial charge in [0.1, 0.15) is 0 Å². The minimum absolute atomic E-state index is 0.107. The Morgan fingerprint density at radius 1 is 0.737 bits per heavy atom. The van der Waals surface area contributed by atoms with Crippen molar-refractivity contribution < 1.29 is 0 Å². The van der Waals surface area contributed by atoms with Crippen molar-refractivity contribution in [2.24, 2.45) is 11.7 Å². The Bertz CT molecular complexity index is 728. The average Bonchev–Trinajstić information content (AvgIpc) is 2.43. The number of fused-ring (bicyclic) bond motifs is 2. The second-order valence-electron chi connectivity index (χ2n) is 5.58. The minimum atomic E-state index is 0.107. The van der Waals surface area contributed by atoms with E-state index in [0.717, 1.165) is 0 Å². The third-order valence-electron chi connectivity index (χ3n) is 3.83. The van der Waals surface area contributed by atoms with Gasteiger partial charge in [0, 0.05) is 6.04 Å². The van der Waals surface area contributed by atoms with Gasteiger partial charge in [-0.1, -0.05) is 50.2 Å². The van der Waals surface area contributed by atoms with Crippen molar-refractivity contribution in [3.05, 3.63) is 60.2 Å². The van der Waals surface area contributed by atoms with E-state index in [1.807, 2.05) is 0 Å². The maximum absolute atomic E-state index is 6.24. The van der Waals surface area contributed by atoms with Crippen molar-refractivity contribution in [3.8, 4) is 0 Å². The molecule has 0 saturated heterocycles. The van der Waals surface area contributed by atoms with Gasteiger partial charge in [0.15, 0.2) is 0 Å². The summed E-state index contributed by atoms with van der Waals surface area (Å²) in [7, 11) is 0. The first-order valence-corrected chi connectivity index (χ1v) is 6.83. The molecule has 19 heavy (non-hydrogen) atoms. The molecule has 3 rings (SSSR count). The summed E-state index contributed by atoms with van der Waals surface area (Å²) in [6.45, 7) is 4.32. The topological polar surface area (TPSA) is 26.0 Å². The van der Waals surface area contributed by atoms with Crippen molar-refractivity contribution in [3.63, 3.8) is 0 Å². The van der Waals surface area contributed by atoms with Crippen LogP contribution >= 0.6 is 0 Å². The van der Waals surface area contributed by atoms with Crippen LogP contribution in [0.25, 0.3) is 21.5 Å². The molecule has 96 valence electrons. The van der Waals surface area contributed by atoms with Gasteiger partial charge in [0.25, 0.3) is 0 Å². The summed E-state index contributed by atoms with van der Waals surface area (Å²) in [6.07, 6.45) is 0. The van der Waals surface area contributed by atoms with Gasteiger partial charge in [0.2, 0.25) is 0 Å². The van der Waals surface area contributed by atoms with E-state index in [9.17, 15) is 0 Å². The van der Waals surface area contributed by atoms with Crippen LogP contribution in [0.1, 0.15) is 25.5 Å². The molecule has 0 radical (unpaired) electrons. The number of hydrogen-bond acceptors (Lipinski definition) is 1. The molecule has 3 aromatic rings.